The molecule has 0 aliphatic heterocycles. The van der Waals surface area contributed by atoms with Gasteiger partial charge in [0, 0.05) is 16.9 Å². The van der Waals surface area contributed by atoms with Gasteiger partial charge in [0.15, 0.2) is 0 Å². The largest absolute Gasteiger partial charge is 0.398 e. The van der Waals surface area contributed by atoms with Crippen LogP contribution < -0.4 is 11.1 Å². The molecule has 0 unspecified atom stereocenters. The molecule has 0 bridgehead atoms. The third-order valence-electron chi connectivity index (χ3n) is 3.60. The lowest BCUT2D eigenvalue weighted by Gasteiger charge is -2.28. The van der Waals surface area contributed by atoms with E-state index in [2.05, 4.69) is 11.6 Å². The fraction of sp³-hybridized carbons (Fsp3) is 0.500. The normalized spacial score (nSPS) is 23.1. The molecule has 0 radical (unpaired) electrons. The molecule has 3 N–H and O–H groups in total. The maximum atomic E-state index is 12.1. The first-order valence-electron chi connectivity index (χ1n) is 6.49. The van der Waals surface area contributed by atoms with Gasteiger partial charge in [-0.05, 0) is 50.1 Å². The fourth-order valence-electron chi connectivity index (χ4n) is 2.40. The second kappa shape index (κ2) is 6.53. The van der Waals surface area contributed by atoms with E-state index in [1.807, 2.05) is 11.8 Å². The summed E-state index contributed by atoms with van der Waals surface area (Å²) in [7, 11) is 0. The summed E-state index contributed by atoms with van der Waals surface area (Å²) >= 11 is 7.77. The van der Waals surface area contributed by atoms with Crippen molar-refractivity contribution in [2.75, 3.05) is 12.0 Å². The van der Waals surface area contributed by atoms with Gasteiger partial charge in [-0.1, -0.05) is 11.6 Å². The Balaban J connectivity index is 1.92. The Morgan fingerprint density at radius 3 is 2.63 bits per heavy atom. The third kappa shape index (κ3) is 3.80. The minimum atomic E-state index is -0.0593. The molecule has 2 rings (SSSR count). The Morgan fingerprint density at radius 2 is 2.05 bits per heavy atom. The molecular weight excluding hydrogens is 280 g/mol. The second-order valence-corrected chi connectivity index (χ2v) is 6.46. The Bertz CT molecular complexity index is 459. The van der Waals surface area contributed by atoms with Crippen LogP contribution >= 0.6 is 23.4 Å². The monoisotopic (exact) mass is 298 g/mol. The number of halogens is 1. The van der Waals surface area contributed by atoms with Crippen molar-refractivity contribution in [3.8, 4) is 0 Å². The van der Waals surface area contributed by atoms with Crippen molar-refractivity contribution in [2.24, 2.45) is 0 Å². The molecule has 0 aromatic heterocycles. The number of nitrogens with two attached hydrogens (primary N) is 1. The van der Waals surface area contributed by atoms with Gasteiger partial charge >= 0.3 is 0 Å². The highest BCUT2D eigenvalue weighted by atomic mass is 35.5. The molecule has 19 heavy (non-hydrogen) atoms. The molecule has 1 saturated carbocycles. The molecule has 104 valence electrons. The number of nitrogen functional groups attached to an aromatic ring is 1. The Morgan fingerprint density at radius 1 is 1.37 bits per heavy atom. The van der Waals surface area contributed by atoms with Crippen LogP contribution in [0.1, 0.15) is 36.0 Å². The number of amides is 1. The van der Waals surface area contributed by atoms with Gasteiger partial charge < -0.3 is 11.1 Å². The smallest absolute Gasteiger partial charge is 0.251 e. The van der Waals surface area contributed by atoms with Crippen molar-refractivity contribution in [1.82, 2.24) is 5.32 Å². The maximum Gasteiger partial charge on any atom is 0.251 e. The molecule has 1 fully saturated rings. The molecule has 1 aromatic carbocycles. The number of hydrogen-bond donors (Lipinski definition) is 2. The van der Waals surface area contributed by atoms with Crippen molar-refractivity contribution in [3.63, 3.8) is 0 Å². The van der Waals surface area contributed by atoms with Crippen molar-refractivity contribution in [1.29, 1.82) is 0 Å². The van der Waals surface area contributed by atoms with Gasteiger partial charge in [-0.2, -0.15) is 11.8 Å². The van der Waals surface area contributed by atoms with E-state index in [1.54, 1.807) is 18.2 Å². The molecule has 0 spiro atoms. The Kier molecular flexibility index (Phi) is 4.99. The van der Waals surface area contributed by atoms with Crippen molar-refractivity contribution in [3.05, 3.63) is 28.8 Å². The summed E-state index contributed by atoms with van der Waals surface area (Å²) in [6.07, 6.45) is 6.62. The number of rotatable bonds is 3. The van der Waals surface area contributed by atoms with Crippen LogP contribution in [0.2, 0.25) is 5.02 Å². The van der Waals surface area contributed by atoms with E-state index < -0.39 is 0 Å². The first kappa shape index (κ1) is 14.5. The van der Waals surface area contributed by atoms with Crippen LogP contribution in [0.4, 0.5) is 5.69 Å². The predicted octanol–water partition coefficient (Wildman–Crippen LogP) is 3.33. The van der Waals surface area contributed by atoms with E-state index in [0.717, 1.165) is 18.1 Å². The highest BCUT2D eigenvalue weighted by molar-refractivity contribution is 7.99. The number of nitrogens with one attached hydrogen (secondary N) is 1. The van der Waals surface area contributed by atoms with Gasteiger partial charge in [-0.15, -0.1) is 0 Å². The van der Waals surface area contributed by atoms with E-state index in [0.29, 0.717) is 16.3 Å². The quantitative estimate of drug-likeness (QED) is 0.842. The minimum absolute atomic E-state index is 0.0593. The summed E-state index contributed by atoms with van der Waals surface area (Å²) in [4.78, 5) is 12.1. The van der Waals surface area contributed by atoms with Gasteiger partial charge in [0.25, 0.3) is 5.91 Å². The van der Waals surface area contributed by atoms with Crippen molar-refractivity contribution < 1.29 is 4.79 Å². The highest BCUT2D eigenvalue weighted by Gasteiger charge is 2.22. The molecule has 5 heteroatoms. The molecule has 1 amide bonds. The van der Waals surface area contributed by atoms with Gasteiger partial charge in [0.05, 0.1) is 10.7 Å². The number of thioether (sulfide) groups is 1. The van der Waals surface area contributed by atoms with Crippen LogP contribution in [0, 0.1) is 0 Å². The van der Waals surface area contributed by atoms with Crippen LogP contribution in [0.15, 0.2) is 18.2 Å². The number of anilines is 1. The lowest BCUT2D eigenvalue weighted by atomic mass is 9.94. The first-order chi connectivity index (χ1) is 9.10. The predicted molar refractivity (Wildman–Crippen MR) is 82.9 cm³/mol. The zero-order valence-electron chi connectivity index (χ0n) is 11.0. The average Bonchev–Trinajstić information content (AvgIpc) is 2.42. The summed E-state index contributed by atoms with van der Waals surface area (Å²) < 4.78 is 0. The van der Waals surface area contributed by atoms with E-state index >= 15 is 0 Å². The number of carbonyl (C=O) groups excluding carboxylic acids is 1. The van der Waals surface area contributed by atoms with Crippen LogP contribution in [0.5, 0.6) is 0 Å². The van der Waals surface area contributed by atoms with E-state index in [1.165, 1.54) is 12.8 Å². The summed E-state index contributed by atoms with van der Waals surface area (Å²) in [6, 6.07) is 5.29. The SMILES string of the molecule is CSC1CCC(NC(=O)c2ccc(Cl)c(N)c2)CC1. The molecule has 1 aromatic rings. The average molecular weight is 299 g/mol. The summed E-state index contributed by atoms with van der Waals surface area (Å²) in [5, 5.41) is 4.31. The standard InChI is InChI=1S/C14H19ClN2OS/c1-19-11-5-3-10(4-6-11)17-14(18)9-2-7-12(15)13(16)8-9/h2,7-8,10-11H,3-6,16H2,1H3,(H,17,18). The molecule has 0 atom stereocenters. The summed E-state index contributed by atoms with van der Waals surface area (Å²) in [5.41, 5.74) is 6.74. The molecule has 0 saturated heterocycles. The van der Waals surface area contributed by atoms with E-state index in [9.17, 15) is 4.79 Å². The van der Waals surface area contributed by atoms with Gasteiger partial charge in [0.1, 0.15) is 0 Å². The molecular formula is C14H19ClN2OS. The van der Waals surface area contributed by atoms with E-state index in [-0.39, 0.29) is 11.9 Å². The van der Waals surface area contributed by atoms with E-state index in [4.69, 9.17) is 17.3 Å². The van der Waals surface area contributed by atoms with Gasteiger partial charge in [-0.3, -0.25) is 4.79 Å². The third-order valence-corrected chi connectivity index (χ3v) is 5.08. The molecule has 1 aliphatic rings. The Labute approximate surface area is 123 Å². The molecule has 1 aliphatic carbocycles. The highest BCUT2D eigenvalue weighted by Crippen LogP contribution is 2.27. The zero-order valence-corrected chi connectivity index (χ0v) is 12.6. The lowest BCUT2D eigenvalue weighted by Crippen LogP contribution is -2.38. The van der Waals surface area contributed by atoms with Gasteiger partial charge in [0.2, 0.25) is 0 Å². The Hall–Kier alpha value is -0.870. The number of benzene rings is 1. The second-order valence-electron chi connectivity index (χ2n) is 4.92. The zero-order chi connectivity index (χ0) is 13.8. The van der Waals surface area contributed by atoms with Crippen molar-refractivity contribution >= 4 is 35.0 Å². The van der Waals surface area contributed by atoms with Crippen LogP contribution in [-0.4, -0.2) is 23.5 Å². The number of hydrogen-bond acceptors (Lipinski definition) is 3. The first-order valence-corrected chi connectivity index (χ1v) is 8.15. The lowest BCUT2D eigenvalue weighted by molar-refractivity contribution is 0.0928. The van der Waals surface area contributed by atoms with Gasteiger partial charge in [-0.25, -0.2) is 0 Å². The summed E-state index contributed by atoms with van der Waals surface area (Å²) in [6.45, 7) is 0. The van der Waals surface area contributed by atoms with Crippen LogP contribution in [-0.2, 0) is 0 Å². The summed E-state index contributed by atoms with van der Waals surface area (Å²) in [5.74, 6) is -0.0593. The van der Waals surface area contributed by atoms with Crippen LogP contribution in [0.25, 0.3) is 0 Å². The topological polar surface area (TPSA) is 55.1 Å². The molecule has 0 heterocycles. The minimum Gasteiger partial charge on any atom is -0.398 e. The fourth-order valence-corrected chi connectivity index (χ4v) is 3.26. The van der Waals surface area contributed by atoms with Crippen LogP contribution in [0.3, 0.4) is 0 Å². The van der Waals surface area contributed by atoms with Crippen molar-refractivity contribution in [2.45, 2.75) is 37.0 Å². The maximum absolute atomic E-state index is 12.1. The molecule has 3 nitrogen and oxygen atoms in total. The number of carbonyl (C=O) groups is 1.